The van der Waals surface area contributed by atoms with Crippen LogP contribution in [0.5, 0.6) is 0 Å². The Kier molecular flexibility index (Phi) is 27.1. The number of rotatable bonds is 6. The van der Waals surface area contributed by atoms with E-state index in [1.807, 2.05) is 0 Å². The minimum Gasteiger partial charge on any atom is -0.194 e. The molecule has 0 aliphatic carbocycles. The second-order valence-corrected chi connectivity index (χ2v) is 36.0. The van der Waals surface area contributed by atoms with Gasteiger partial charge in [-0.2, -0.15) is 27.4 Å². The van der Waals surface area contributed by atoms with Gasteiger partial charge in [0.25, 0.3) is 0 Å². The van der Waals surface area contributed by atoms with Gasteiger partial charge in [-0.3, -0.25) is 0 Å². The normalized spacial score (nSPS) is 11.1. The van der Waals surface area contributed by atoms with Crippen molar-refractivity contribution >= 4 is 65.4 Å². The highest BCUT2D eigenvalue weighted by Gasteiger charge is 2.25. The third-order valence-corrected chi connectivity index (χ3v) is 26.1. The summed E-state index contributed by atoms with van der Waals surface area (Å²) in [6.45, 7) is 50.1. The highest BCUT2D eigenvalue weighted by Crippen LogP contribution is 2.34. The number of hydrogen-bond acceptors (Lipinski definition) is 0. The molecule has 18 aromatic rings. The second-order valence-electron chi connectivity index (χ2n) is 36.0. The second kappa shape index (κ2) is 37.7. The molecule has 18 rings (SSSR count). The lowest BCUT2D eigenvalue weighted by molar-refractivity contribution is -0.633. The lowest BCUT2D eigenvalue weighted by Gasteiger charge is -2.11. The molecule has 6 heteroatoms. The molecule has 125 heavy (non-hydrogen) atoms. The average molecular weight is 1640 g/mol. The zero-order chi connectivity index (χ0) is 90.0. The van der Waals surface area contributed by atoms with E-state index in [1.165, 1.54) is 261 Å². The van der Waals surface area contributed by atoms with Crippen LogP contribution in [0.1, 0.15) is 128 Å². The molecule has 0 amide bonds. The van der Waals surface area contributed by atoms with Crippen LogP contribution < -0.4 is 27.4 Å². The number of hydrogen-bond donors (Lipinski definition) is 0. The van der Waals surface area contributed by atoms with E-state index >= 15 is 0 Å². The number of benzene rings is 12. The molecule has 12 aromatic carbocycles. The fourth-order valence-electron chi connectivity index (χ4n) is 18.5. The molecule has 0 unspecified atom stereocenters. The summed E-state index contributed by atoms with van der Waals surface area (Å²) in [6.07, 6.45) is 0. The molecular weight excluding hydrogens is 1510 g/mol. The van der Waals surface area contributed by atoms with Crippen LogP contribution >= 0.6 is 0 Å². The van der Waals surface area contributed by atoms with Gasteiger partial charge in [-0.1, -0.05) is 130 Å². The van der Waals surface area contributed by atoms with Gasteiger partial charge in [0, 0.05) is 138 Å². The molecule has 0 aliphatic heterocycles. The molecule has 0 fully saturated rings. The van der Waals surface area contributed by atoms with Crippen LogP contribution in [0.25, 0.3) is 133 Å². The Hall–Kier alpha value is -12.9. The predicted octanol–water partition coefficient (Wildman–Crippen LogP) is 27.1. The quantitative estimate of drug-likeness (QED) is 0.148. The lowest BCUT2D eigenvalue weighted by atomic mass is 9.96. The molecule has 6 heterocycles. The number of para-hydroxylation sites is 1. The van der Waals surface area contributed by atoms with Crippen LogP contribution in [0.4, 0.5) is 0 Å². The Morgan fingerprint density at radius 3 is 0.752 bits per heavy atom. The highest BCUT2D eigenvalue weighted by atomic mass is 15.0. The van der Waals surface area contributed by atoms with Gasteiger partial charge < -0.3 is 0 Å². The molecule has 630 valence electrons. The van der Waals surface area contributed by atoms with Crippen molar-refractivity contribution in [2.75, 3.05) is 0 Å². The van der Waals surface area contributed by atoms with Crippen molar-refractivity contribution in [3.63, 3.8) is 0 Å². The first-order chi connectivity index (χ1) is 59.4. The molecule has 0 aliphatic rings. The summed E-state index contributed by atoms with van der Waals surface area (Å²) >= 11 is 0. The van der Waals surface area contributed by atoms with Gasteiger partial charge in [0.1, 0.15) is 42.3 Å². The molecule has 0 atom stereocenters. The van der Waals surface area contributed by atoms with Crippen LogP contribution in [-0.2, 0) is 42.3 Å². The molecule has 6 nitrogen and oxygen atoms in total. The van der Waals surface area contributed by atoms with E-state index in [0.29, 0.717) is 0 Å². The highest BCUT2D eigenvalue weighted by molar-refractivity contribution is 5.86. The van der Waals surface area contributed by atoms with Gasteiger partial charge in [0.15, 0.2) is 0 Å². The fraction of sp³-hybridized carbons (Fsp3) is 0.244. The number of fused-ring (bicyclic) bond motifs is 6. The number of nitrogens with zero attached hydrogens (tertiary/aromatic N) is 6. The maximum Gasteiger partial charge on any atom is 0.213 e. The Bertz CT molecular complexity index is 7180. The van der Waals surface area contributed by atoms with Crippen LogP contribution in [0.2, 0.25) is 0 Å². The number of aryl methyl sites for hydroxylation is 25. The molecule has 0 radical (unpaired) electrons. The van der Waals surface area contributed by atoms with E-state index in [0.717, 1.165) is 0 Å². The molecule has 0 N–H and O–H groups in total. The van der Waals surface area contributed by atoms with Crippen molar-refractivity contribution in [2.45, 2.75) is 159 Å². The van der Waals surface area contributed by atoms with Crippen LogP contribution in [0, 0.1) is 159 Å². The maximum absolute atomic E-state index is 2.33. The minimum absolute atomic E-state index is 1.27. The molecule has 0 saturated carbocycles. The standard InChI is InChI=1S/C21H24N.3C20H22N.2C19H20N/c1-13-9-15(3)17(5)19(11-13)20-8-7-18-16(4)10-14(2)12-21(18)22(20)6;1-13-6-7-17-8-9-19(21(5)20(17)12-13)18-11-14(2)10-15(3)16(18)4;1-13-6-7-15(3)18(11-13)19-9-8-17-16(4)10-14(2)12-20(17)21(19)5;1-13-11-15(3)16(4)18(12-13)20-10-9-17-14(2)7-6-8-19(17)21(20)5;1-13-5-7-15(3)17(11-13)18-10-9-16-8-6-14(2)12-19(16)20(18)4;1-13-11-14(2)15(3)17(12-13)19-10-9-16-7-5-6-8-18(16)20(19)4/h7-12H,1-6H3;3*6-12H,1-5H3;2*5-12H,1-4H3/q6*+1. The van der Waals surface area contributed by atoms with E-state index in [9.17, 15) is 0 Å². The van der Waals surface area contributed by atoms with Crippen LogP contribution in [0.15, 0.2) is 261 Å². The van der Waals surface area contributed by atoms with Crippen molar-refractivity contribution < 1.29 is 27.4 Å². The first-order valence-corrected chi connectivity index (χ1v) is 44.3. The molecular formula is C119H130N6+6. The Morgan fingerprint density at radius 1 is 0.144 bits per heavy atom. The van der Waals surface area contributed by atoms with Crippen molar-refractivity contribution in [1.29, 1.82) is 0 Å². The van der Waals surface area contributed by atoms with Crippen LogP contribution in [0.3, 0.4) is 0 Å². The van der Waals surface area contributed by atoms with Gasteiger partial charge in [0.05, 0.1) is 0 Å². The van der Waals surface area contributed by atoms with Crippen molar-refractivity contribution in [3.8, 4) is 67.5 Å². The van der Waals surface area contributed by atoms with E-state index in [4.69, 9.17) is 0 Å². The van der Waals surface area contributed by atoms with Crippen molar-refractivity contribution in [3.05, 3.63) is 389 Å². The summed E-state index contributed by atoms with van der Waals surface area (Å²) in [4.78, 5) is 0. The Morgan fingerprint density at radius 2 is 0.384 bits per heavy atom. The molecule has 0 bridgehead atoms. The summed E-state index contributed by atoms with van der Waals surface area (Å²) in [6, 6.07) is 95.6. The minimum atomic E-state index is 1.27. The van der Waals surface area contributed by atoms with Gasteiger partial charge in [-0.15, -0.1) is 0 Å². The third-order valence-electron chi connectivity index (χ3n) is 26.1. The summed E-state index contributed by atoms with van der Waals surface area (Å²) < 4.78 is 13.8. The Labute approximate surface area is 745 Å². The maximum atomic E-state index is 2.33. The predicted molar refractivity (Wildman–Crippen MR) is 532 cm³/mol. The first-order valence-electron chi connectivity index (χ1n) is 44.3. The largest absolute Gasteiger partial charge is 0.213 e. The summed E-state index contributed by atoms with van der Waals surface area (Å²) in [5, 5.41) is 7.84. The SMILES string of the molecule is Cc1cc(C)c(C)c(-c2ccc3c(C)cc(C)cc3[n+]2C)c1.Cc1cc(C)c(C)c(-c2ccc3c(C)cccc3[n+]2C)c1.Cc1cc(C)c(C)c(-c2ccc3ccc(C)cc3[n+]2C)c1.Cc1cc(C)c(C)c(-c2ccc3ccccc3[n+]2C)c1.Cc1ccc(C)c(-c2ccc3c(C)cc(C)cc3[n+]2C)c1.Cc1ccc(C)c(-c2ccc3ccc(C)cc3[n+]2C)c1. The first kappa shape index (κ1) is 89.8. The monoisotopic (exact) mass is 1640 g/mol. The van der Waals surface area contributed by atoms with Gasteiger partial charge in [-0.05, 0) is 345 Å². The van der Waals surface area contributed by atoms with E-state index in [-0.39, 0.29) is 0 Å². The summed E-state index contributed by atoms with van der Waals surface area (Å²) in [5.74, 6) is 0. The number of pyridine rings is 6. The summed E-state index contributed by atoms with van der Waals surface area (Å²) in [5.41, 5.74) is 53.9. The average Bonchev–Trinajstić information content (AvgIpc) is 0.778. The van der Waals surface area contributed by atoms with E-state index < -0.39 is 0 Å². The third kappa shape index (κ3) is 19.2. The fourth-order valence-corrected chi connectivity index (χ4v) is 18.5. The van der Waals surface area contributed by atoms with Gasteiger partial charge in [0.2, 0.25) is 67.3 Å². The topological polar surface area (TPSA) is 23.3 Å². The zero-order valence-electron chi connectivity index (χ0n) is 80.0. The molecule has 0 spiro atoms. The van der Waals surface area contributed by atoms with E-state index in [1.54, 1.807) is 0 Å². The molecule has 0 saturated heterocycles. The lowest BCUT2D eigenvalue weighted by Crippen LogP contribution is -2.32. The number of aromatic nitrogens is 6. The van der Waals surface area contributed by atoms with E-state index in [2.05, 4.69) is 490 Å². The van der Waals surface area contributed by atoms with Crippen molar-refractivity contribution in [2.24, 2.45) is 42.3 Å². The summed E-state index contributed by atoms with van der Waals surface area (Å²) in [7, 11) is 13.0. The Balaban J connectivity index is 0.000000129. The smallest absolute Gasteiger partial charge is 0.194 e. The van der Waals surface area contributed by atoms with Gasteiger partial charge in [-0.25, -0.2) is 0 Å². The zero-order valence-corrected chi connectivity index (χ0v) is 80.0. The molecule has 6 aromatic heterocycles. The van der Waals surface area contributed by atoms with Crippen LogP contribution in [-0.4, -0.2) is 0 Å². The van der Waals surface area contributed by atoms with Gasteiger partial charge >= 0.3 is 0 Å². The van der Waals surface area contributed by atoms with Crippen molar-refractivity contribution in [1.82, 2.24) is 0 Å².